The quantitative estimate of drug-likeness (QED) is 0.811. The number of rotatable bonds is 6. The van der Waals surface area contributed by atoms with Crippen LogP contribution in [0.3, 0.4) is 0 Å². The number of halogens is 1. The molecule has 0 aliphatic carbocycles. The molecular weight excluding hydrogens is 344 g/mol. The predicted molar refractivity (Wildman–Crippen MR) is 89.7 cm³/mol. The molecule has 2 N–H and O–H groups in total. The summed E-state index contributed by atoms with van der Waals surface area (Å²) in [6.07, 6.45) is 2.07. The fourth-order valence-corrected chi connectivity index (χ4v) is 4.84. The van der Waals surface area contributed by atoms with E-state index >= 15 is 0 Å². The molecule has 1 aliphatic rings. The SMILES string of the molecule is O=C(CCNS(=O)(=O)c1ccccc1Cl)NC1CCSCC1. The highest BCUT2D eigenvalue weighted by Crippen LogP contribution is 2.20. The highest BCUT2D eigenvalue weighted by Gasteiger charge is 2.19. The Morgan fingerprint density at radius 3 is 2.64 bits per heavy atom. The van der Waals surface area contributed by atoms with E-state index in [1.54, 1.807) is 12.1 Å². The minimum Gasteiger partial charge on any atom is -0.353 e. The third-order valence-corrected chi connectivity index (χ3v) is 6.37. The minimum atomic E-state index is -3.68. The zero-order chi connectivity index (χ0) is 16.0. The summed E-state index contributed by atoms with van der Waals surface area (Å²) in [6.45, 7) is 0.0564. The van der Waals surface area contributed by atoms with Crippen molar-refractivity contribution in [2.45, 2.75) is 30.2 Å². The van der Waals surface area contributed by atoms with Gasteiger partial charge in [-0.3, -0.25) is 4.79 Å². The maximum atomic E-state index is 12.1. The Hall–Kier alpha value is -0.760. The van der Waals surface area contributed by atoms with Crippen molar-refractivity contribution in [2.75, 3.05) is 18.1 Å². The molecule has 0 aromatic heterocycles. The molecule has 1 aromatic rings. The molecule has 1 saturated heterocycles. The average Bonchev–Trinajstić information content (AvgIpc) is 2.48. The van der Waals surface area contributed by atoms with Crippen LogP contribution in [-0.2, 0) is 14.8 Å². The van der Waals surface area contributed by atoms with Gasteiger partial charge in [0.2, 0.25) is 15.9 Å². The lowest BCUT2D eigenvalue weighted by molar-refractivity contribution is -0.121. The highest BCUT2D eigenvalue weighted by molar-refractivity contribution is 7.99. The molecule has 1 fully saturated rings. The molecule has 22 heavy (non-hydrogen) atoms. The Kier molecular flexibility index (Phi) is 6.55. The zero-order valence-corrected chi connectivity index (χ0v) is 14.4. The first-order valence-electron chi connectivity index (χ1n) is 7.10. The number of carbonyl (C=O) groups is 1. The molecular formula is C14H19ClN2O3S2. The molecule has 0 unspecified atom stereocenters. The van der Waals surface area contributed by atoms with E-state index in [0.29, 0.717) is 0 Å². The second-order valence-corrected chi connectivity index (χ2v) is 8.40. The van der Waals surface area contributed by atoms with Crippen molar-refractivity contribution in [3.05, 3.63) is 29.3 Å². The van der Waals surface area contributed by atoms with Gasteiger partial charge in [-0.2, -0.15) is 11.8 Å². The first-order chi connectivity index (χ1) is 10.5. The average molecular weight is 363 g/mol. The van der Waals surface area contributed by atoms with Gasteiger partial charge in [-0.15, -0.1) is 0 Å². The molecule has 1 amide bonds. The minimum absolute atomic E-state index is 0.0291. The van der Waals surface area contributed by atoms with E-state index in [-0.39, 0.29) is 34.8 Å². The number of nitrogens with one attached hydrogen (secondary N) is 2. The van der Waals surface area contributed by atoms with Gasteiger partial charge in [0.25, 0.3) is 0 Å². The predicted octanol–water partition coefficient (Wildman–Crippen LogP) is 2.02. The number of carbonyl (C=O) groups excluding carboxylic acids is 1. The standard InChI is InChI=1S/C14H19ClN2O3S2/c15-12-3-1-2-4-13(12)22(19,20)16-8-5-14(18)17-11-6-9-21-10-7-11/h1-4,11,16H,5-10H2,(H,17,18). The molecule has 0 radical (unpaired) electrons. The zero-order valence-electron chi connectivity index (χ0n) is 12.0. The van der Waals surface area contributed by atoms with Crippen LogP contribution < -0.4 is 10.0 Å². The van der Waals surface area contributed by atoms with Gasteiger partial charge in [0.05, 0.1) is 5.02 Å². The van der Waals surface area contributed by atoms with Crippen molar-refractivity contribution < 1.29 is 13.2 Å². The Labute approximate surface area is 140 Å². The Morgan fingerprint density at radius 2 is 1.95 bits per heavy atom. The summed E-state index contributed by atoms with van der Waals surface area (Å²) < 4.78 is 26.6. The second-order valence-electron chi connectivity index (χ2n) is 5.03. The summed E-state index contributed by atoms with van der Waals surface area (Å²) in [4.78, 5) is 11.9. The largest absolute Gasteiger partial charge is 0.353 e. The van der Waals surface area contributed by atoms with Gasteiger partial charge in [0, 0.05) is 19.0 Å². The van der Waals surface area contributed by atoms with Gasteiger partial charge in [-0.1, -0.05) is 23.7 Å². The van der Waals surface area contributed by atoms with Gasteiger partial charge in [-0.05, 0) is 36.5 Å². The van der Waals surface area contributed by atoms with Crippen molar-refractivity contribution in [1.29, 1.82) is 0 Å². The Balaban J connectivity index is 1.80. The number of hydrogen-bond donors (Lipinski definition) is 2. The molecule has 0 spiro atoms. The van der Waals surface area contributed by atoms with Crippen LogP contribution in [0, 0.1) is 0 Å². The number of hydrogen-bond acceptors (Lipinski definition) is 4. The van der Waals surface area contributed by atoms with E-state index in [0.717, 1.165) is 24.3 Å². The fourth-order valence-electron chi connectivity index (χ4n) is 2.18. The Bertz CT molecular complexity index is 616. The first-order valence-corrected chi connectivity index (χ1v) is 10.1. The number of benzene rings is 1. The van der Waals surface area contributed by atoms with Crippen molar-refractivity contribution in [1.82, 2.24) is 10.0 Å². The highest BCUT2D eigenvalue weighted by atomic mass is 35.5. The van der Waals surface area contributed by atoms with Crippen molar-refractivity contribution >= 4 is 39.3 Å². The van der Waals surface area contributed by atoms with Crippen LogP contribution in [0.4, 0.5) is 0 Å². The number of thioether (sulfide) groups is 1. The van der Waals surface area contributed by atoms with E-state index in [1.165, 1.54) is 12.1 Å². The van der Waals surface area contributed by atoms with Gasteiger partial charge >= 0.3 is 0 Å². The third kappa shape index (κ3) is 5.15. The molecule has 5 nitrogen and oxygen atoms in total. The van der Waals surface area contributed by atoms with Crippen LogP contribution in [0.5, 0.6) is 0 Å². The van der Waals surface area contributed by atoms with E-state index in [9.17, 15) is 13.2 Å². The second kappa shape index (κ2) is 8.19. The van der Waals surface area contributed by atoms with Crippen molar-refractivity contribution in [3.8, 4) is 0 Å². The van der Waals surface area contributed by atoms with Crippen LogP contribution in [0.25, 0.3) is 0 Å². The third-order valence-electron chi connectivity index (χ3n) is 3.36. The lowest BCUT2D eigenvalue weighted by Crippen LogP contribution is -2.39. The summed E-state index contributed by atoms with van der Waals surface area (Å²) >= 11 is 7.77. The maximum absolute atomic E-state index is 12.1. The van der Waals surface area contributed by atoms with E-state index in [2.05, 4.69) is 10.0 Å². The fraction of sp³-hybridized carbons (Fsp3) is 0.500. The van der Waals surface area contributed by atoms with E-state index in [1.807, 2.05) is 11.8 Å². The normalized spacial score (nSPS) is 16.4. The number of sulfonamides is 1. The Morgan fingerprint density at radius 1 is 1.27 bits per heavy atom. The molecule has 0 bridgehead atoms. The summed E-state index contributed by atoms with van der Waals surface area (Å²) in [5.41, 5.74) is 0. The van der Waals surface area contributed by atoms with Crippen LogP contribution in [0.15, 0.2) is 29.2 Å². The maximum Gasteiger partial charge on any atom is 0.242 e. The van der Waals surface area contributed by atoms with Crippen LogP contribution >= 0.6 is 23.4 Å². The van der Waals surface area contributed by atoms with Crippen molar-refractivity contribution in [2.24, 2.45) is 0 Å². The lowest BCUT2D eigenvalue weighted by atomic mass is 10.1. The van der Waals surface area contributed by atoms with Gasteiger partial charge < -0.3 is 5.32 Å². The van der Waals surface area contributed by atoms with E-state index < -0.39 is 10.0 Å². The molecule has 122 valence electrons. The molecule has 8 heteroatoms. The molecule has 0 atom stereocenters. The summed E-state index contributed by atoms with van der Waals surface area (Å²) in [7, 11) is -3.68. The van der Waals surface area contributed by atoms with Gasteiger partial charge in [0.1, 0.15) is 4.90 Å². The van der Waals surface area contributed by atoms with Crippen molar-refractivity contribution in [3.63, 3.8) is 0 Å². The lowest BCUT2D eigenvalue weighted by Gasteiger charge is -2.22. The molecule has 1 aliphatic heterocycles. The number of amides is 1. The van der Waals surface area contributed by atoms with Gasteiger partial charge in [-0.25, -0.2) is 13.1 Å². The monoisotopic (exact) mass is 362 g/mol. The van der Waals surface area contributed by atoms with Crippen LogP contribution in [-0.4, -0.2) is 38.4 Å². The van der Waals surface area contributed by atoms with Crippen LogP contribution in [0.2, 0.25) is 5.02 Å². The topological polar surface area (TPSA) is 75.3 Å². The molecule has 1 aromatic carbocycles. The van der Waals surface area contributed by atoms with E-state index in [4.69, 9.17) is 11.6 Å². The molecule has 1 heterocycles. The first kappa shape index (κ1) is 17.6. The molecule has 0 saturated carbocycles. The summed E-state index contributed by atoms with van der Waals surface area (Å²) in [5.74, 6) is 1.99. The van der Waals surface area contributed by atoms with Crippen LogP contribution in [0.1, 0.15) is 19.3 Å². The summed E-state index contributed by atoms with van der Waals surface area (Å²) in [5, 5.41) is 3.11. The summed E-state index contributed by atoms with van der Waals surface area (Å²) in [6, 6.07) is 6.44. The van der Waals surface area contributed by atoms with Gasteiger partial charge in [0.15, 0.2) is 0 Å². The smallest absolute Gasteiger partial charge is 0.242 e. The molecule has 2 rings (SSSR count).